The number of rotatable bonds is 69. The second kappa shape index (κ2) is 65.2. The Labute approximate surface area is 523 Å². The standard InChI is InChI=1S/C75H149NO8/c1-3-5-7-9-11-13-15-17-19-21-23-25-27-28-29-30-31-32-33-34-35-36-37-38-39-40-41-42-43-45-47-49-51-53-55-57-59-61-63-65-71(79)76-68(67-83-75-74(82)73(81)72(80)70(66-77)84-75)69(78)64-62-60-58-56-54-52-50-48-46-44-26-24-22-20-18-16-14-12-10-8-6-4-2/h68-70,72-75,77-78,80-82H,3-67H2,1-2H3,(H,76,79). The first kappa shape index (κ1) is 81.2. The molecule has 1 fully saturated rings. The molecule has 6 N–H and O–H groups in total. The highest BCUT2D eigenvalue weighted by Gasteiger charge is 2.44. The Morgan fingerprint density at radius 3 is 0.845 bits per heavy atom. The fourth-order valence-electron chi connectivity index (χ4n) is 13.0. The Morgan fingerprint density at radius 1 is 0.357 bits per heavy atom. The quantitative estimate of drug-likeness (QED) is 0.0330. The van der Waals surface area contributed by atoms with E-state index >= 15 is 0 Å². The van der Waals surface area contributed by atoms with Crippen LogP contribution in [0.1, 0.15) is 418 Å². The zero-order chi connectivity index (χ0) is 60.7. The van der Waals surface area contributed by atoms with Crippen molar-refractivity contribution < 1.29 is 39.8 Å². The lowest BCUT2D eigenvalue weighted by Crippen LogP contribution is -2.60. The number of ether oxygens (including phenoxy) is 2. The number of hydrogen-bond acceptors (Lipinski definition) is 8. The van der Waals surface area contributed by atoms with Gasteiger partial charge in [0.15, 0.2) is 6.29 Å². The highest BCUT2D eigenvalue weighted by molar-refractivity contribution is 5.76. The van der Waals surface area contributed by atoms with Crippen molar-refractivity contribution in [2.45, 2.75) is 461 Å². The van der Waals surface area contributed by atoms with Gasteiger partial charge in [-0.15, -0.1) is 0 Å². The zero-order valence-corrected chi connectivity index (χ0v) is 56.5. The van der Waals surface area contributed by atoms with Crippen molar-refractivity contribution in [1.29, 1.82) is 0 Å². The summed E-state index contributed by atoms with van der Waals surface area (Å²) in [5.74, 6) is -0.132. The SMILES string of the molecule is CCCCCCCCCCCCCCCCCCCCCCCCCCCCCCCCCCCCCCCCCC(=O)NC(COC1OC(CO)C(O)C(O)C1O)C(O)CCCCCCCCCCCCCCCCCCCCCCCC. The van der Waals surface area contributed by atoms with Crippen molar-refractivity contribution in [3.05, 3.63) is 0 Å². The number of amides is 1. The molecule has 1 aliphatic rings. The van der Waals surface area contributed by atoms with Crippen LogP contribution in [-0.2, 0) is 14.3 Å². The summed E-state index contributed by atoms with van der Waals surface area (Å²) in [6.07, 6.45) is 76.4. The third-order valence-electron chi connectivity index (χ3n) is 19.0. The first-order valence-corrected chi connectivity index (χ1v) is 38.2. The van der Waals surface area contributed by atoms with E-state index in [1.807, 2.05) is 0 Å². The minimum atomic E-state index is -1.55. The fourth-order valence-corrected chi connectivity index (χ4v) is 13.0. The molecule has 1 amide bonds. The van der Waals surface area contributed by atoms with E-state index in [-0.39, 0.29) is 12.5 Å². The van der Waals surface area contributed by atoms with Crippen LogP contribution in [0.3, 0.4) is 0 Å². The number of nitrogens with one attached hydrogen (secondary N) is 1. The number of aliphatic hydroxyl groups is 5. The van der Waals surface area contributed by atoms with Gasteiger partial charge in [0.2, 0.25) is 5.91 Å². The lowest BCUT2D eigenvalue weighted by atomic mass is 9.99. The van der Waals surface area contributed by atoms with Gasteiger partial charge in [-0.25, -0.2) is 0 Å². The summed E-state index contributed by atoms with van der Waals surface area (Å²) in [4.78, 5) is 13.2. The summed E-state index contributed by atoms with van der Waals surface area (Å²) in [6.45, 7) is 3.91. The molecular formula is C75H149NO8. The van der Waals surface area contributed by atoms with Crippen LogP contribution in [0.15, 0.2) is 0 Å². The predicted molar refractivity (Wildman–Crippen MR) is 360 cm³/mol. The molecule has 9 nitrogen and oxygen atoms in total. The van der Waals surface area contributed by atoms with E-state index in [1.54, 1.807) is 0 Å². The predicted octanol–water partition coefficient (Wildman–Crippen LogP) is 21.3. The molecule has 7 unspecified atom stereocenters. The van der Waals surface area contributed by atoms with Crippen molar-refractivity contribution in [3.8, 4) is 0 Å². The van der Waals surface area contributed by atoms with Crippen molar-refractivity contribution >= 4 is 5.91 Å². The maximum absolute atomic E-state index is 13.2. The summed E-state index contributed by atoms with van der Waals surface area (Å²) < 4.78 is 11.4. The monoisotopic (exact) mass is 1190 g/mol. The van der Waals surface area contributed by atoms with E-state index in [2.05, 4.69) is 19.2 Å². The smallest absolute Gasteiger partial charge is 0.220 e. The van der Waals surface area contributed by atoms with Crippen LogP contribution in [-0.4, -0.2) is 87.5 Å². The Morgan fingerprint density at radius 2 is 0.595 bits per heavy atom. The Bertz CT molecular complexity index is 1290. The lowest BCUT2D eigenvalue weighted by molar-refractivity contribution is -0.302. The molecule has 84 heavy (non-hydrogen) atoms. The van der Waals surface area contributed by atoms with Crippen LogP contribution in [0.2, 0.25) is 0 Å². The topological polar surface area (TPSA) is 149 Å². The summed E-state index contributed by atoms with van der Waals surface area (Å²) in [7, 11) is 0. The molecule has 0 saturated carbocycles. The van der Waals surface area contributed by atoms with Gasteiger partial charge in [-0.2, -0.15) is 0 Å². The second-order valence-electron chi connectivity index (χ2n) is 27.2. The maximum Gasteiger partial charge on any atom is 0.220 e. The average molecular weight is 1190 g/mol. The van der Waals surface area contributed by atoms with Gasteiger partial charge >= 0.3 is 0 Å². The molecule has 0 aromatic carbocycles. The molecule has 1 aliphatic heterocycles. The number of unbranched alkanes of at least 4 members (excludes halogenated alkanes) is 59. The Hall–Kier alpha value is -0.810. The summed E-state index contributed by atoms with van der Waals surface area (Å²) >= 11 is 0. The van der Waals surface area contributed by atoms with Gasteiger partial charge in [0.05, 0.1) is 25.4 Å². The molecule has 0 aromatic heterocycles. The number of carbonyl (C=O) groups excluding carboxylic acids is 1. The van der Waals surface area contributed by atoms with Gasteiger partial charge in [0.1, 0.15) is 24.4 Å². The number of aliphatic hydroxyl groups excluding tert-OH is 5. The molecule has 1 rings (SSSR count). The van der Waals surface area contributed by atoms with Crippen molar-refractivity contribution in [2.24, 2.45) is 0 Å². The van der Waals surface area contributed by atoms with Gasteiger partial charge in [-0.05, 0) is 12.8 Å². The van der Waals surface area contributed by atoms with Gasteiger partial charge in [-0.3, -0.25) is 4.79 Å². The molecule has 7 atom stereocenters. The minimum absolute atomic E-state index is 0.130. The van der Waals surface area contributed by atoms with Crippen LogP contribution in [0.25, 0.3) is 0 Å². The minimum Gasteiger partial charge on any atom is -0.394 e. The van der Waals surface area contributed by atoms with Crippen LogP contribution in [0.5, 0.6) is 0 Å². The average Bonchev–Trinajstić information content (AvgIpc) is 3.70. The number of carbonyl (C=O) groups is 1. The molecule has 0 spiro atoms. The third-order valence-corrected chi connectivity index (χ3v) is 19.0. The van der Waals surface area contributed by atoms with Gasteiger partial charge in [0, 0.05) is 6.42 Å². The van der Waals surface area contributed by atoms with E-state index in [0.29, 0.717) is 12.8 Å². The third kappa shape index (κ3) is 53.1. The second-order valence-corrected chi connectivity index (χ2v) is 27.2. The van der Waals surface area contributed by atoms with E-state index in [1.165, 1.54) is 353 Å². The zero-order valence-electron chi connectivity index (χ0n) is 56.5. The van der Waals surface area contributed by atoms with Gasteiger partial charge < -0.3 is 40.3 Å². The molecule has 1 heterocycles. The molecular weight excluding hydrogens is 1040 g/mol. The van der Waals surface area contributed by atoms with Crippen molar-refractivity contribution in [2.75, 3.05) is 13.2 Å². The molecule has 9 heteroatoms. The highest BCUT2D eigenvalue weighted by atomic mass is 16.7. The van der Waals surface area contributed by atoms with Crippen molar-refractivity contribution in [3.63, 3.8) is 0 Å². The first-order valence-electron chi connectivity index (χ1n) is 38.2. The largest absolute Gasteiger partial charge is 0.394 e. The molecule has 0 aliphatic carbocycles. The Kier molecular flexibility index (Phi) is 63.0. The molecule has 502 valence electrons. The summed E-state index contributed by atoms with van der Waals surface area (Å²) in [5.41, 5.74) is 0. The van der Waals surface area contributed by atoms with Crippen LogP contribution < -0.4 is 5.32 Å². The van der Waals surface area contributed by atoms with E-state index < -0.39 is 49.5 Å². The van der Waals surface area contributed by atoms with E-state index in [0.717, 1.165) is 38.5 Å². The normalized spacial score (nSPS) is 18.0. The fraction of sp³-hybridized carbons (Fsp3) is 0.987. The lowest BCUT2D eigenvalue weighted by Gasteiger charge is -2.40. The van der Waals surface area contributed by atoms with Crippen molar-refractivity contribution in [1.82, 2.24) is 5.32 Å². The van der Waals surface area contributed by atoms with Crippen LogP contribution in [0.4, 0.5) is 0 Å². The van der Waals surface area contributed by atoms with Gasteiger partial charge in [0.25, 0.3) is 0 Å². The van der Waals surface area contributed by atoms with Gasteiger partial charge in [-0.1, -0.05) is 399 Å². The Balaban J connectivity index is 2.02. The van der Waals surface area contributed by atoms with Crippen LogP contribution >= 0.6 is 0 Å². The molecule has 1 saturated heterocycles. The molecule has 0 bridgehead atoms. The summed E-state index contributed by atoms with van der Waals surface area (Å²) in [5, 5.41) is 55.0. The molecule has 0 aromatic rings. The maximum atomic E-state index is 13.2. The highest BCUT2D eigenvalue weighted by Crippen LogP contribution is 2.24. The van der Waals surface area contributed by atoms with Crippen LogP contribution in [0, 0.1) is 0 Å². The summed E-state index contributed by atoms with van der Waals surface area (Å²) in [6, 6.07) is -0.715. The van der Waals surface area contributed by atoms with E-state index in [9.17, 15) is 30.3 Å². The number of hydrogen-bond donors (Lipinski definition) is 6. The van der Waals surface area contributed by atoms with E-state index in [4.69, 9.17) is 9.47 Å². The molecule has 0 radical (unpaired) electrons. The first-order chi connectivity index (χ1) is 41.3.